The highest BCUT2D eigenvalue weighted by Crippen LogP contribution is 2.23. The van der Waals surface area contributed by atoms with Crippen LogP contribution in [0, 0.1) is 6.92 Å². The molecule has 1 aliphatic heterocycles. The van der Waals surface area contributed by atoms with Crippen molar-refractivity contribution >= 4 is 11.3 Å². The van der Waals surface area contributed by atoms with E-state index in [1.54, 1.807) is 0 Å². The van der Waals surface area contributed by atoms with Crippen molar-refractivity contribution in [1.29, 1.82) is 0 Å². The Morgan fingerprint density at radius 1 is 1.30 bits per heavy atom. The number of hydrogen-bond donors (Lipinski definition) is 1. The van der Waals surface area contributed by atoms with Gasteiger partial charge in [-0.05, 0) is 46.1 Å². The van der Waals surface area contributed by atoms with Crippen LogP contribution in [0.4, 0.5) is 0 Å². The summed E-state index contributed by atoms with van der Waals surface area (Å²) < 4.78 is 0. The number of nitrogens with zero attached hydrogens (tertiary/aromatic N) is 2. The highest BCUT2D eigenvalue weighted by atomic mass is 32.1. The molecule has 1 aromatic rings. The summed E-state index contributed by atoms with van der Waals surface area (Å²) in [5, 5.41) is 4.93. The summed E-state index contributed by atoms with van der Waals surface area (Å²) in [4.78, 5) is 8.85. The quantitative estimate of drug-likeness (QED) is 0.873. The molecular formula is C16H27N3S. The van der Waals surface area contributed by atoms with Gasteiger partial charge in [0.15, 0.2) is 0 Å². The fraction of sp³-hybridized carbons (Fsp3) is 0.812. The number of hydrogen-bond acceptors (Lipinski definition) is 4. The summed E-state index contributed by atoms with van der Waals surface area (Å²) in [7, 11) is 0. The van der Waals surface area contributed by atoms with Gasteiger partial charge in [0, 0.05) is 36.5 Å². The molecule has 20 heavy (non-hydrogen) atoms. The molecule has 1 saturated carbocycles. The summed E-state index contributed by atoms with van der Waals surface area (Å²) in [6.07, 6.45) is 7.99. The van der Waals surface area contributed by atoms with E-state index in [9.17, 15) is 0 Å². The molecule has 4 heteroatoms. The van der Waals surface area contributed by atoms with E-state index >= 15 is 0 Å². The van der Waals surface area contributed by atoms with Gasteiger partial charge in [0.05, 0.1) is 10.7 Å². The molecule has 1 unspecified atom stereocenters. The number of likely N-dealkylation sites (tertiary alicyclic amines) is 1. The van der Waals surface area contributed by atoms with Crippen LogP contribution in [-0.2, 0) is 13.0 Å². The molecule has 0 aromatic carbocycles. The van der Waals surface area contributed by atoms with Crippen molar-refractivity contribution in [2.45, 2.75) is 71.0 Å². The lowest BCUT2D eigenvalue weighted by atomic mass is 10.0. The number of piperidine rings is 1. The van der Waals surface area contributed by atoms with E-state index in [1.165, 1.54) is 60.8 Å². The van der Waals surface area contributed by atoms with E-state index < -0.39 is 0 Å². The first-order chi connectivity index (χ1) is 9.72. The molecule has 0 bridgehead atoms. The Labute approximate surface area is 126 Å². The maximum Gasteiger partial charge on any atom is 0.0944 e. The van der Waals surface area contributed by atoms with Crippen molar-refractivity contribution in [3.63, 3.8) is 0 Å². The van der Waals surface area contributed by atoms with Crippen LogP contribution in [0.1, 0.15) is 54.6 Å². The van der Waals surface area contributed by atoms with E-state index in [0.717, 1.165) is 25.0 Å². The lowest BCUT2D eigenvalue weighted by molar-refractivity contribution is 0.163. The molecule has 1 N–H and O–H groups in total. The summed E-state index contributed by atoms with van der Waals surface area (Å²) in [5.74, 6) is 0. The Hall–Kier alpha value is -0.450. The van der Waals surface area contributed by atoms with E-state index in [1.807, 2.05) is 11.3 Å². The highest BCUT2D eigenvalue weighted by Gasteiger charge is 2.21. The van der Waals surface area contributed by atoms with Gasteiger partial charge in [-0.3, -0.25) is 0 Å². The molecule has 1 aromatic heterocycles. The van der Waals surface area contributed by atoms with Crippen LogP contribution in [0.2, 0.25) is 0 Å². The molecule has 0 spiro atoms. The summed E-state index contributed by atoms with van der Waals surface area (Å²) in [6, 6.07) is 1.55. The number of nitrogens with one attached hydrogen (secondary N) is 1. The van der Waals surface area contributed by atoms with Gasteiger partial charge in [0.1, 0.15) is 0 Å². The van der Waals surface area contributed by atoms with Crippen molar-refractivity contribution in [2.75, 3.05) is 13.1 Å². The predicted octanol–water partition coefficient (Wildman–Crippen LogP) is 3.12. The topological polar surface area (TPSA) is 28.2 Å². The molecular weight excluding hydrogens is 266 g/mol. The molecule has 0 radical (unpaired) electrons. The van der Waals surface area contributed by atoms with Gasteiger partial charge in [0.25, 0.3) is 0 Å². The second-order valence-electron chi connectivity index (χ2n) is 6.40. The summed E-state index contributed by atoms with van der Waals surface area (Å²) in [5.41, 5.74) is 1.24. The van der Waals surface area contributed by atoms with E-state index in [4.69, 9.17) is 4.98 Å². The van der Waals surface area contributed by atoms with Gasteiger partial charge >= 0.3 is 0 Å². The van der Waals surface area contributed by atoms with E-state index in [-0.39, 0.29) is 0 Å². The molecule has 0 amide bonds. The molecule has 1 saturated heterocycles. The van der Waals surface area contributed by atoms with Gasteiger partial charge < -0.3 is 10.2 Å². The number of rotatable bonds is 6. The van der Waals surface area contributed by atoms with Gasteiger partial charge in [0.2, 0.25) is 0 Å². The van der Waals surface area contributed by atoms with Crippen LogP contribution >= 0.6 is 11.3 Å². The van der Waals surface area contributed by atoms with Gasteiger partial charge in [-0.25, -0.2) is 4.98 Å². The Morgan fingerprint density at radius 3 is 2.90 bits per heavy atom. The highest BCUT2D eigenvalue weighted by molar-refractivity contribution is 7.11. The van der Waals surface area contributed by atoms with Crippen LogP contribution < -0.4 is 5.32 Å². The second-order valence-corrected chi connectivity index (χ2v) is 7.57. The van der Waals surface area contributed by atoms with Crippen molar-refractivity contribution < 1.29 is 0 Å². The zero-order valence-electron chi connectivity index (χ0n) is 12.8. The Kier molecular flexibility index (Phi) is 4.74. The zero-order chi connectivity index (χ0) is 13.9. The maximum atomic E-state index is 4.77. The average molecular weight is 293 g/mol. The normalized spacial score (nSPS) is 24.2. The van der Waals surface area contributed by atoms with Crippen molar-refractivity contribution in [2.24, 2.45) is 0 Å². The Morgan fingerprint density at radius 2 is 2.15 bits per heavy atom. The SMILES string of the molecule is Cc1nc(CCN2CCCCC2C)sc1CNC1CC1. The first kappa shape index (κ1) is 14.5. The van der Waals surface area contributed by atoms with Crippen LogP contribution in [0.25, 0.3) is 0 Å². The summed E-state index contributed by atoms with van der Waals surface area (Å²) >= 11 is 1.92. The minimum Gasteiger partial charge on any atom is -0.309 e. The van der Waals surface area contributed by atoms with Crippen molar-refractivity contribution in [1.82, 2.24) is 15.2 Å². The fourth-order valence-corrected chi connectivity index (χ4v) is 4.02. The van der Waals surface area contributed by atoms with Crippen LogP contribution in [0.3, 0.4) is 0 Å². The minimum absolute atomic E-state index is 0.765. The lowest BCUT2D eigenvalue weighted by Crippen LogP contribution is -2.38. The second kappa shape index (κ2) is 6.54. The predicted molar refractivity (Wildman–Crippen MR) is 85.3 cm³/mol. The molecule has 2 fully saturated rings. The van der Waals surface area contributed by atoms with E-state index in [0.29, 0.717) is 0 Å². The number of aromatic nitrogens is 1. The molecule has 2 aliphatic rings. The monoisotopic (exact) mass is 293 g/mol. The maximum absolute atomic E-state index is 4.77. The Bertz CT molecular complexity index is 439. The molecule has 3 nitrogen and oxygen atoms in total. The standard InChI is InChI=1S/C16H27N3S/c1-12-5-3-4-9-19(12)10-8-16-18-13(2)15(20-16)11-17-14-6-7-14/h12,14,17H,3-11H2,1-2H3. The van der Waals surface area contributed by atoms with Gasteiger partial charge in [-0.2, -0.15) is 0 Å². The molecule has 1 aliphatic carbocycles. The summed E-state index contributed by atoms with van der Waals surface area (Å²) in [6.45, 7) is 8.02. The fourth-order valence-electron chi connectivity index (χ4n) is 3.01. The van der Waals surface area contributed by atoms with Crippen LogP contribution in [0.15, 0.2) is 0 Å². The number of aryl methyl sites for hydroxylation is 1. The lowest BCUT2D eigenvalue weighted by Gasteiger charge is -2.33. The van der Waals surface area contributed by atoms with Crippen molar-refractivity contribution in [3.8, 4) is 0 Å². The number of thiazole rings is 1. The molecule has 2 heterocycles. The first-order valence-corrected chi connectivity index (χ1v) is 8.96. The smallest absolute Gasteiger partial charge is 0.0944 e. The zero-order valence-corrected chi connectivity index (χ0v) is 13.6. The Balaban J connectivity index is 1.50. The largest absolute Gasteiger partial charge is 0.309 e. The molecule has 3 rings (SSSR count). The van der Waals surface area contributed by atoms with E-state index in [2.05, 4.69) is 24.1 Å². The third kappa shape index (κ3) is 3.80. The molecule has 112 valence electrons. The third-order valence-electron chi connectivity index (χ3n) is 4.62. The van der Waals surface area contributed by atoms with Crippen LogP contribution in [0.5, 0.6) is 0 Å². The van der Waals surface area contributed by atoms with Gasteiger partial charge in [-0.1, -0.05) is 6.42 Å². The average Bonchev–Trinajstić information content (AvgIpc) is 3.20. The first-order valence-electron chi connectivity index (χ1n) is 8.15. The minimum atomic E-state index is 0.765. The molecule has 1 atom stereocenters. The van der Waals surface area contributed by atoms with Gasteiger partial charge in [-0.15, -0.1) is 11.3 Å². The van der Waals surface area contributed by atoms with Crippen LogP contribution in [-0.4, -0.2) is 35.1 Å². The third-order valence-corrected chi connectivity index (χ3v) is 5.84. The van der Waals surface area contributed by atoms with Crippen molar-refractivity contribution in [3.05, 3.63) is 15.6 Å².